The number of hydrogen-bond acceptors (Lipinski definition) is 6. The molecule has 1 fully saturated rings. The van der Waals surface area contributed by atoms with Gasteiger partial charge >= 0.3 is 0 Å². The van der Waals surface area contributed by atoms with Crippen molar-refractivity contribution in [3.8, 4) is 17.2 Å². The summed E-state index contributed by atoms with van der Waals surface area (Å²) in [6.07, 6.45) is 3.72. The van der Waals surface area contributed by atoms with Crippen LogP contribution in [0.5, 0.6) is 17.2 Å². The second-order valence-electron chi connectivity index (χ2n) is 7.48. The summed E-state index contributed by atoms with van der Waals surface area (Å²) in [4.78, 5) is 12.6. The molecule has 32 heavy (non-hydrogen) atoms. The first-order valence-corrected chi connectivity index (χ1v) is 13.4. The van der Waals surface area contributed by atoms with Crippen LogP contribution in [0.1, 0.15) is 32.6 Å². The first kappa shape index (κ1) is 24.4. The van der Waals surface area contributed by atoms with E-state index in [1.807, 2.05) is 12.1 Å². The van der Waals surface area contributed by atoms with Gasteiger partial charge in [0.05, 0.1) is 23.4 Å². The number of benzene rings is 2. The van der Waals surface area contributed by atoms with Crippen molar-refractivity contribution in [1.29, 1.82) is 0 Å². The Labute approximate surface area is 194 Å². The molecule has 9 heteroatoms. The third-order valence-electron chi connectivity index (χ3n) is 5.05. The van der Waals surface area contributed by atoms with E-state index in [9.17, 15) is 13.2 Å². The van der Waals surface area contributed by atoms with Gasteiger partial charge < -0.3 is 14.8 Å². The van der Waals surface area contributed by atoms with E-state index in [1.54, 1.807) is 25.3 Å². The molecule has 0 bridgehead atoms. The Morgan fingerprint density at radius 1 is 1.06 bits per heavy atom. The Morgan fingerprint density at radius 3 is 2.47 bits per heavy atom. The summed E-state index contributed by atoms with van der Waals surface area (Å²) >= 11 is 1.53. The van der Waals surface area contributed by atoms with Crippen LogP contribution >= 0.6 is 11.8 Å². The van der Waals surface area contributed by atoms with Crippen LogP contribution < -0.4 is 14.8 Å². The molecule has 2 aromatic rings. The Balaban J connectivity index is 1.92. The summed E-state index contributed by atoms with van der Waals surface area (Å²) in [7, 11) is -2.10. The monoisotopic (exact) mass is 478 g/mol. The number of hydrogen-bond donors (Lipinski definition) is 1. The topological polar surface area (TPSA) is 84.9 Å². The van der Waals surface area contributed by atoms with E-state index >= 15 is 0 Å². The van der Waals surface area contributed by atoms with Crippen molar-refractivity contribution in [3.63, 3.8) is 0 Å². The average molecular weight is 479 g/mol. The minimum absolute atomic E-state index is 0.142. The Hall–Kier alpha value is -2.23. The van der Waals surface area contributed by atoms with Gasteiger partial charge in [-0.05, 0) is 55.3 Å². The summed E-state index contributed by atoms with van der Waals surface area (Å²) in [5.74, 6) is 2.31. The lowest BCUT2D eigenvalue weighted by Crippen LogP contribution is -2.35. The average Bonchev–Trinajstić information content (AvgIpc) is 2.81. The highest BCUT2D eigenvalue weighted by Crippen LogP contribution is 2.37. The van der Waals surface area contributed by atoms with Crippen LogP contribution in [0.3, 0.4) is 0 Å². The molecule has 7 nitrogen and oxygen atoms in total. The van der Waals surface area contributed by atoms with Gasteiger partial charge in [0.15, 0.2) is 17.2 Å². The number of sulfonamides is 1. The van der Waals surface area contributed by atoms with Crippen molar-refractivity contribution in [1.82, 2.24) is 4.31 Å². The fourth-order valence-electron chi connectivity index (χ4n) is 3.43. The van der Waals surface area contributed by atoms with Gasteiger partial charge in [-0.1, -0.05) is 25.5 Å². The van der Waals surface area contributed by atoms with E-state index in [-0.39, 0.29) is 16.6 Å². The standard InChI is InChI=1S/C23H30N2O5S2/c1-3-15-31-17-23(26)24-19-16-18(32(27,28)25-13-7-4-8-14-25)11-12-20(19)30-22-10-6-5-9-21(22)29-2/h5-6,9-12,16H,3-4,7-8,13-15,17H2,1-2H3,(H,24,26). The minimum atomic E-state index is -3.65. The molecule has 0 unspecified atom stereocenters. The third-order valence-corrected chi connectivity index (χ3v) is 8.11. The summed E-state index contributed by atoms with van der Waals surface area (Å²) in [5, 5.41) is 2.83. The van der Waals surface area contributed by atoms with Gasteiger partial charge in [-0.3, -0.25) is 4.79 Å². The molecule has 1 amide bonds. The van der Waals surface area contributed by atoms with Crippen LogP contribution in [0, 0.1) is 0 Å². The summed E-state index contributed by atoms with van der Waals surface area (Å²) in [5.41, 5.74) is 0.316. The van der Waals surface area contributed by atoms with Crippen LogP contribution in [0.2, 0.25) is 0 Å². The molecule has 3 rings (SSSR count). The summed E-state index contributed by atoms with van der Waals surface area (Å²) < 4.78 is 39.2. The Kier molecular flexibility index (Phi) is 8.84. The molecular formula is C23H30N2O5S2. The number of carbonyl (C=O) groups is 1. The van der Waals surface area contributed by atoms with E-state index < -0.39 is 10.0 Å². The molecule has 174 valence electrons. The van der Waals surface area contributed by atoms with Crippen molar-refractivity contribution < 1.29 is 22.7 Å². The fraction of sp³-hybridized carbons (Fsp3) is 0.435. The molecular weight excluding hydrogens is 448 g/mol. The molecule has 2 aromatic carbocycles. The first-order chi connectivity index (χ1) is 15.5. The van der Waals surface area contributed by atoms with Gasteiger partial charge in [-0.15, -0.1) is 0 Å². The van der Waals surface area contributed by atoms with Crippen molar-refractivity contribution in [2.75, 3.05) is 37.0 Å². The number of para-hydroxylation sites is 2. The van der Waals surface area contributed by atoms with Crippen LogP contribution in [0.15, 0.2) is 47.4 Å². The van der Waals surface area contributed by atoms with Crippen LogP contribution in [-0.2, 0) is 14.8 Å². The van der Waals surface area contributed by atoms with E-state index in [1.165, 1.54) is 28.2 Å². The number of amides is 1. The van der Waals surface area contributed by atoms with E-state index in [2.05, 4.69) is 12.2 Å². The lowest BCUT2D eigenvalue weighted by molar-refractivity contribution is -0.113. The number of nitrogens with zero attached hydrogens (tertiary/aromatic N) is 1. The van der Waals surface area contributed by atoms with E-state index in [0.29, 0.717) is 36.0 Å². The number of nitrogens with one attached hydrogen (secondary N) is 1. The minimum Gasteiger partial charge on any atom is -0.493 e. The highest BCUT2D eigenvalue weighted by molar-refractivity contribution is 7.99. The molecule has 0 atom stereocenters. The van der Waals surface area contributed by atoms with E-state index in [0.717, 1.165) is 31.4 Å². The number of ether oxygens (including phenoxy) is 2. The number of thioether (sulfide) groups is 1. The highest BCUT2D eigenvalue weighted by Gasteiger charge is 2.27. The highest BCUT2D eigenvalue weighted by atomic mass is 32.2. The number of rotatable bonds is 10. The molecule has 0 radical (unpaired) electrons. The zero-order valence-corrected chi connectivity index (χ0v) is 20.1. The molecule has 1 aliphatic rings. The molecule has 0 saturated carbocycles. The van der Waals surface area contributed by atoms with Gasteiger partial charge in [0.2, 0.25) is 15.9 Å². The molecule has 1 N–H and O–H groups in total. The van der Waals surface area contributed by atoms with Gasteiger partial charge in [0.1, 0.15) is 0 Å². The lowest BCUT2D eigenvalue weighted by atomic mass is 10.2. The van der Waals surface area contributed by atoms with Crippen LogP contribution in [0.4, 0.5) is 5.69 Å². The van der Waals surface area contributed by atoms with Gasteiger partial charge in [0.25, 0.3) is 0 Å². The van der Waals surface area contributed by atoms with Crippen molar-refractivity contribution in [2.24, 2.45) is 0 Å². The first-order valence-electron chi connectivity index (χ1n) is 10.8. The van der Waals surface area contributed by atoms with Crippen molar-refractivity contribution in [3.05, 3.63) is 42.5 Å². The second kappa shape index (κ2) is 11.6. The predicted molar refractivity (Wildman–Crippen MR) is 128 cm³/mol. The van der Waals surface area contributed by atoms with Crippen LogP contribution in [-0.4, -0.2) is 50.3 Å². The number of piperidine rings is 1. The zero-order valence-electron chi connectivity index (χ0n) is 18.5. The van der Waals surface area contributed by atoms with Crippen LogP contribution in [0.25, 0.3) is 0 Å². The molecule has 1 saturated heterocycles. The maximum Gasteiger partial charge on any atom is 0.243 e. The van der Waals surface area contributed by atoms with Crippen molar-refractivity contribution in [2.45, 2.75) is 37.5 Å². The van der Waals surface area contributed by atoms with Crippen molar-refractivity contribution >= 4 is 33.4 Å². The molecule has 1 heterocycles. The van der Waals surface area contributed by atoms with Gasteiger partial charge in [0, 0.05) is 13.1 Å². The van der Waals surface area contributed by atoms with Gasteiger partial charge in [-0.25, -0.2) is 8.42 Å². The molecule has 0 aromatic heterocycles. The fourth-order valence-corrected chi connectivity index (χ4v) is 5.66. The summed E-state index contributed by atoms with van der Waals surface area (Å²) in [6, 6.07) is 11.7. The third kappa shape index (κ3) is 6.17. The zero-order chi connectivity index (χ0) is 23.0. The second-order valence-corrected chi connectivity index (χ2v) is 10.5. The maximum absolute atomic E-state index is 13.2. The predicted octanol–water partition coefficient (Wildman–Crippen LogP) is 4.74. The quantitative estimate of drug-likeness (QED) is 0.497. The lowest BCUT2D eigenvalue weighted by Gasteiger charge is -2.26. The Morgan fingerprint density at radius 2 is 1.78 bits per heavy atom. The maximum atomic E-state index is 13.2. The molecule has 0 aliphatic carbocycles. The van der Waals surface area contributed by atoms with Gasteiger partial charge in [-0.2, -0.15) is 16.1 Å². The summed E-state index contributed by atoms with van der Waals surface area (Å²) in [6.45, 7) is 3.08. The molecule has 1 aliphatic heterocycles. The number of carbonyl (C=O) groups excluding carboxylic acids is 1. The SMILES string of the molecule is CCCSCC(=O)Nc1cc(S(=O)(=O)N2CCCCC2)ccc1Oc1ccccc1OC. The Bertz CT molecular complexity index is 1020. The molecule has 0 spiro atoms. The normalized spacial score (nSPS) is 14.7. The number of methoxy groups -OCH3 is 1. The number of anilines is 1. The smallest absolute Gasteiger partial charge is 0.243 e. The van der Waals surface area contributed by atoms with E-state index in [4.69, 9.17) is 9.47 Å². The largest absolute Gasteiger partial charge is 0.493 e.